The first-order chi connectivity index (χ1) is 10.8. The normalized spacial score (nSPS) is 22.0. The molecule has 2 rings (SSSR count). The average Bonchev–Trinajstić information content (AvgIpc) is 2.46. The Hall–Kier alpha value is -1.75. The van der Waals surface area contributed by atoms with Crippen LogP contribution in [-0.2, 0) is 11.3 Å². The van der Waals surface area contributed by atoms with Crippen molar-refractivity contribution in [2.45, 2.75) is 64.8 Å². The van der Waals surface area contributed by atoms with Crippen LogP contribution in [0.5, 0.6) is 5.75 Å². The Morgan fingerprint density at radius 3 is 2.61 bits per heavy atom. The Balaban J connectivity index is 1.92. The van der Waals surface area contributed by atoms with Gasteiger partial charge < -0.3 is 20.1 Å². The van der Waals surface area contributed by atoms with Crippen LogP contribution in [0.25, 0.3) is 0 Å². The van der Waals surface area contributed by atoms with Gasteiger partial charge in [0, 0.05) is 25.2 Å². The summed E-state index contributed by atoms with van der Waals surface area (Å²) in [5, 5.41) is 12.8. The summed E-state index contributed by atoms with van der Waals surface area (Å²) in [6.07, 6.45) is 1.77. The number of likely N-dealkylation sites (tertiary alicyclic amines) is 1. The number of carbonyl (C=O) groups is 1. The molecule has 1 fully saturated rings. The van der Waals surface area contributed by atoms with E-state index in [1.807, 2.05) is 37.8 Å². The van der Waals surface area contributed by atoms with Crippen molar-refractivity contribution in [3.05, 3.63) is 29.8 Å². The number of ether oxygens (including phenoxy) is 1. The zero-order chi connectivity index (χ0) is 17.0. The third kappa shape index (κ3) is 5.13. The number of amides is 1. The second-order valence-electron chi connectivity index (χ2n) is 7.21. The molecule has 2 atom stereocenters. The second-order valence-corrected chi connectivity index (χ2v) is 7.21. The summed E-state index contributed by atoms with van der Waals surface area (Å²) >= 11 is 0. The van der Waals surface area contributed by atoms with Gasteiger partial charge in [-0.15, -0.1) is 0 Å². The van der Waals surface area contributed by atoms with Crippen LogP contribution in [-0.4, -0.2) is 40.3 Å². The van der Waals surface area contributed by atoms with Gasteiger partial charge in [-0.2, -0.15) is 0 Å². The Labute approximate surface area is 138 Å². The molecule has 1 aromatic carbocycles. The van der Waals surface area contributed by atoms with Crippen molar-refractivity contribution in [1.29, 1.82) is 0 Å². The number of phenols is 1. The molecule has 0 saturated carbocycles. The molecule has 5 heteroatoms. The first-order valence-electron chi connectivity index (χ1n) is 8.27. The summed E-state index contributed by atoms with van der Waals surface area (Å²) in [5.41, 5.74) is 0.646. The molecule has 0 spiro atoms. The first kappa shape index (κ1) is 17.6. The molecule has 0 aromatic heterocycles. The molecule has 1 heterocycles. The fraction of sp³-hybridized carbons (Fsp3) is 0.611. The lowest BCUT2D eigenvalue weighted by Crippen LogP contribution is -2.55. The van der Waals surface area contributed by atoms with Crippen molar-refractivity contribution in [2.75, 3.05) is 6.54 Å². The molecular weight excluding hydrogens is 292 g/mol. The molecule has 0 radical (unpaired) electrons. The summed E-state index contributed by atoms with van der Waals surface area (Å²) in [5.74, 6) is 0.274. The predicted octanol–water partition coefficient (Wildman–Crippen LogP) is 3.27. The third-order valence-corrected chi connectivity index (χ3v) is 4.12. The van der Waals surface area contributed by atoms with Crippen molar-refractivity contribution < 1.29 is 14.6 Å². The maximum atomic E-state index is 12.3. The zero-order valence-corrected chi connectivity index (χ0v) is 14.5. The van der Waals surface area contributed by atoms with Crippen LogP contribution in [0, 0.1) is 0 Å². The monoisotopic (exact) mass is 320 g/mol. The number of piperidine rings is 1. The minimum atomic E-state index is -0.469. The van der Waals surface area contributed by atoms with Gasteiger partial charge in [-0.3, -0.25) is 0 Å². The van der Waals surface area contributed by atoms with Gasteiger partial charge in [0.05, 0.1) is 0 Å². The van der Waals surface area contributed by atoms with Crippen LogP contribution < -0.4 is 5.32 Å². The third-order valence-electron chi connectivity index (χ3n) is 4.12. The van der Waals surface area contributed by atoms with Crippen molar-refractivity contribution in [3.8, 4) is 5.75 Å². The molecule has 1 aliphatic heterocycles. The van der Waals surface area contributed by atoms with E-state index in [2.05, 4.69) is 12.2 Å². The van der Waals surface area contributed by atoms with E-state index in [0.717, 1.165) is 31.5 Å². The number of rotatable bonds is 3. The molecule has 23 heavy (non-hydrogen) atoms. The maximum absolute atomic E-state index is 12.3. The number of nitrogens with one attached hydrogen (secondary N) is 1. The van der Waals surface area contributed by atoms with E-state index in [-0.39, 0.29) is 23.9 Å². The number of nitrogens with zero attached hydrogens (tertiary/aromatic N) is 1. The molecule has 1 saturated heterocycles. The lowest BCUT2D eigenvalue weighted by molar-refractivity contribution is 0.00699. The molecule has 0 bridgehead atoms. The highest BCUT2D eigenvalue weighted by Gasteiger charge is 2.33. The van der Waals surface area contributed by atoms with Crippen LogP contribution in [0.15, 0.2) is 24.3 Å². The minimum absolute atomic E-state index is 0.0933. The molecule has 2 unspecified atom stereocenters. The van der Waals surface area contributed by atoms with Gasteiger partial charge in [-0.25, -0.2) is 4.79 Å². The van der Waals surface area contributed by atoms with Gasteiger partial charge >= 0.3 is 6.09 Å². The molecule has 2 N–H and O–H groups in total. The van der Waals surface area contributed by atoms with Crippen LogP contribution >= 0.6 is 0 Å². The number of hydrogen-bond acceptors (Lipinski definition) is 4. The van der Waals surface area contributed by atoms with Gasteiger partial charge in [0.1, 0.15) is 11.4 Å². The van der Waals surface area contributed by atoms with E-state index < -0.39 is 5.60 Å². The molecule has 1 amide bonds. The Morgan fingerprint density at radius 1 is 1.35 bits per heavy atom. The van der Waals surface area contributed by atoms with Gasteiger partial charge in [-0.05, 0) is 58.2 Å². The number of aromatic hydroxyl groups is 1. The second kappa shape index (κ2) is 7.21. The number of benzene rings is 1. The number of phenolic OH excluding ortho intramolecular Hbond substituents is 1. The largest absolute Gasteiger partial charge is 0.508 e. The highest BCUT2D eigenvalue weighted by atomic mass is 16.6. The Kier molecular flexibility index (Phi) is 5.52. The number of carbonyl (C=O) groups excluding carboxylic acids is 1. The van der Waals surface area contributed by atoms with E-state index in [1.54, 1.807) is 12.1 Å². The van der Waals surface area contributed by atoms with E-state index in [9.17, 15) is 9.90 Å². The van der Waals surface area contributed by atoms with Crippen molar-refractivity contribution in [1.82, 2.24) is 10.2 Å². The summed E-state index contributed by atoms with van der Waals surface area (Å²) in [4.78, 5) is 14.2. The van der Waals surface area contributed by atoms with Crippen LogP contribution in [0.4, 0.5) is 4.79 Å². The van der Waals surface area contributed by atoms with E-state index in [4.69, 9.17) is 4.74 Å². The van der Waals surface area contributed by atoms with E-state index >= 15 is 0 Å². The minimum Gasteiger partial charge on any atom is -0.508 e. The quantitative estimate of drug-likeness (QED) is 0.897. The fourth-order valence-electron chi connectivity index (χ4n) is 2.86. The maximum Gasteiger partial charge on any atom is 0.410 e. The molecule has 1 aliphatic rings. The SMILES string of the molecule is CC1C(NCc2ccc(O)cc2)CCCN1C(=O)OC(C)(C)C. The number of hydrogen-bond donors (Lipinski definition) is 2. The molecular formula is C18H28N2O3. The summed E-state index contributed by atoms with van der Waals surface area (Å²) in [6, 6.07) is 7.52. The van der Waals surface area contributed by atoms with E-state index in [1.165, 1.54) is 0 Å². The molecule has 1 aromatic rings. The van der Waals surface area contributed by atoms with Gasteiger partial charge in [0.25, 0.3) is 0 Å². The zero-order valence-electron chi connectivity index (χ0n) is 14.5. The lowest BCUT2D eigenvalue weighted by atomic mass is 9.97. The summed E-state index contributed by atoms with van der Waals surface area (Å²) < 4.78 is 5.50. The van der Waals surface area contributed by atoms with Gasteiger partial charge in [0.15, 0.2) is 0 Å². The van der Waals surface area contributed by atoms with Crippen molar-refractivity contribution >= 4 is 6.09 Å². The van der Waals surface area contributed by atoms with Gasteiger partial charge in [-0.1, -0.05) is 12.1 Å². The van der Waals surface area contributed by atoms with Crippen LogP contribution in [0.1, 0.15) is 46.1 Å². The predicted molar refractivity (Wildman–Crippen MR) is 90.4 cm³/mol. The molecule has 128 valence electrons. The lowest BCUT2D eigenvalue weighted by Gasteiger charge is -2.40. The molecule has 0 aliphatic carbocycles. The Morgan fingerprint density at radius 2 is 2.00 bits per heavy atom. The Bertz CT molecular complexity index is 522. The highest BCUT2D eigenvalue weighted by Crippen LogP contribution is 2.21. The average molecular weight is 320 g/mol. The summed E-state index contributed by atoms with van der Waals surface area (Å²) in [7, 11) is 0. The first-order valence-corrected chi connectivity index (χ1v) is 8.27. The topological polar surface area (TPSA) is 61.8 Å². The van der Waals surface area contributed by atoms with Crippen molar-refractivity contribution in [3.63, 3.8) is 0 Å². The van der Waals surface area contributed by atoms with Crippen LogP contribution in [0.3, 0.4) is 0 Å². The van der Waals surface area contributed by atoms with Crippen LogP contribution in [0.2, 0.25) is 0 Å². The van der Waals surface area contributed by atoms with Crippen molar-refractivity contribution in [2.24, 2.45) is 0 Å². The summed E-state index contributed by atoms with van der Waals surface area (Å²) in [6.45, 7) is 9.20. The fourth-order valence-corrected chi connectivity index (χ4v) is 2.86. The molecule has 5 nitrogen and oxygen atoms in total. The highest BCUT2D eigenvalue weighted by molar-refractivity contribution is 5.68. The van der Waals surface area contributed by atoms with Gasteiger partial charge in [0.2, 0.25) is 0 Å². The standard InChI is InChI=1S/C18H28N2O3/c1-13-16(19-12-14-7-9-15(21)10-8-14)6-5-11-20(13)17(22)23-18(2,3)4/h7-10,13,16,19,21H,5-6,11-12H2,1-4H3. The smallest absolute Gasteiger partial charge is 0.410 e. The van der Waals surface area contributed by atoms with E-state index in [0.29, 0.717) is 0 Å².